The Labute approximate surface area is 204 Å². The van der Waals surface area contributed by atoms with Gasteiger partial charge in [0.15, 0.2) is 5.76 Å². The molecule has 4 aromatic rings. The molecule has 180 valence electrons. The van der Waals surface area contributed by atoms with Gasteiger partial charge in [0.2, 0.25) is 0 Å². The zero-order valence-electron chi connectivity index (χ0n) is 19.9. The molecule has 0 N–H and O–H groups in total. The van der Waals surface area contributed by atoms with Gasteiger partial charge in [-0.05, 0) is 55.5 Å². The number of para-hydroxylation sites is 2. The third-order valence-electron chi connectivity index (χ3n) is 6.09. The molecule has 1 fully saturated rings. The molecule has 1 saturated heterocycles. The van der Waals surface area contributed by atoms with Crippen molar-refractivity contribution in [2.45, 2.75) is 6.92 Å². The third-order valence-corrected chi connectivity index (χ3v) is 6.09. The fraction of sp³-hybridized carbons (Fsp3) is 0.259. The van der Waals surface area contributed by atoms with Crippen LogP contribution in [0, 0.1) is 0 Å². The molecule has 3 heterocycles. The number of hydrogen-bond acceptors (Lipinski definition) is 6. The Hall–Kier alpha value is -4.20. The molecule has 1 aliphatic rings. The van der Waals surface area contributed by atoms with E-state index < -0.39 is 0 Å². The summed E-state index contributed by atoms with van der Waals surface area (Å²) in [6.45, 7) is 5.24. The molecule has 2 aromatic heterocycles. The van der Waals surface area contributed by atoms with E-state index in [1.807, 2.05) is 66.4 Å². The van der Waals surface area contributed by atoms with Gasteiger partial charge in [-0.1, -0.05) is 12.1 Å². The number of amides is 1. The highest BCUT2D eigenvalue weighted by Gasteiger charge is 2.27. The Morgan fingerprint density at radius 3 is 2.46 bits per heavy atom. The molecule has 1 aliphatic heterocycles. The van der Waals surface area contributed by atoms with Crippen molar-refractivity contribution in [3.05, 3.63) is 78.7 Å². The molecule has 0 saturated carbocycles. The number of anilines is 1. The van der Waals surface area contributed by atoms with E-state index in [2.05, 4.69) is 11.0 Å². The number of carbonyl (C=O) groups excluding carboxylic acids is 1. The van der Waals surface area contributed by atoms with Crippen LogP contribution in [0.25, 0.3) is 17.1 Å². The SMILES string of the molecule is CCOc1ccccc1N1CCN(C(=O)c2cc(-c3ccco3)nn2-c2ccc(OC)cc2)CC1. The number of carbonyl (C=O) groups is 1. The molecule has 2 aromatic carbocycles. The highest BCUT2D eigenvalue weighted by Crippen LogP contribution is 2.30. The zero-order chi connectivity index (χ0) is 24.2. The first kappa shape index (κ1) is 22.6. The van der Waals surface area contributed by atoms with Gasteiger partial charge in [-0.25, -0.2) is 4.68 Å². The third kappa shape index (κ3) is 4.59. The Morgan fingerprint density at radius 2 is 1.77 bits per heavy atom. The molecule has 0 unspecified atom stereocenters. The molecular formula is C27H28N4O4. The standard InChI is InChI=1S/C27H28N4O4/c1-3-34-26-8-5-4-7-23(26)29-14-16-30(17-15-29)27(32)24-19-22(25-9-6-18-35-25)28-31(24)20-10-12-21(33-2)13-11-20/h4-13,18-19H,3,14-17H2,1-2H3. The van der Waals surface area contributed by atoms with Crippen LogP contribution in [0.2, 0.25) is 0 Å². The zero-order valence-corrected chi connectivity index (χ0v) is 19.9. The molecule has 8 heteroatoms. The summed E-state index contributed by atoms with van der Waals surface area (Å²) in [5.74, 6) is 2.16. The van der Waals surface area contributed by atoms with Crippen molar-refractivity contribution in [2.75, 3.05) is 44.8 Å². The van der Waals surface area contributed by atoms with Gasteiger partial charge in [0.05, 0.1) is 31.4 Å². The lowest BCUT2D eigenvalue weighted by Gasteiger charge is -2.36. The van der Waals surface area contributed by atoms with Crippen molar-refractivity contribution >= 4 is 11.6 Å². The van der Waals surface area contributed by atoms with Crippen molar-refractivity contribution in [3.8, 4) is 28.6 Å². The molecule has 0 radical (unpaired) electrons. The largest absolute Gasteiger partial charge is 0.497 e. The average molecular weight is 473 g/mol. The van der Waals surface area contributed by atoms with E-state index in [-0.39, 0.29) is 5.91 Å². The fourth-order valence-corrected chi connectivity index (χ4v) is 4.31. The second kappa shape index (κ2) is 9.97. The summed E-state index contributed by atoms with van der Waals surface area (Å²) in [5, 5.41) is 4.70. The van der Waals surface area contributed by atoms with Crippen LogP contribution in [0.3, 0.4) is 0 Å². The fourth-order valence-electron chi connectivity index (χ4n) is 4.31. The Kier molecular flexibility index (Phi) is 6.43. The minimum absolute atomic E-state index is 0.0659. The highest BCUT2D eigenvalue weighted by molar-refractivity contribution is 5.94. The van der Waals surface area contributed by atoms with Gasteiger partial charge in [0, 0.05) is 32.2 Å². The molecule has 5 rings (SSSR count). The van der Waals surface area contributed by atoms with Crippen molar-refractivity contribution < 1.29 is 18.7 Å². The maximum atomic E-state index is 13.7. The van der Waals surface area contributed by atoms with Gasteiger partial charge >= 0.3 is 0 Å². The van der Waals surface area contributed by atoms with Crippen LogP contribution < -0.4 is 14.4 Å². The quantitative estimate of drug-likeness (QED) is 0.394. The number of nitrogens with zero attached hydrogens (tertiary/aromatic N) is 4. The van der Waals surface area contributed by atoms with Crippen molar-refractivity contribution in [1.82, 2.24) is 14.7 Å². The van der Waals surface area contributed by atoms with Gasteiger partial charge in [0.1, 0.15) is 22.9 Å². The number of furan rings is 1. The van der Waals surface area contributed by atoms with E-state index in [9.17, 15) is 4.79 Å². The number of ether oxygens (including phenoxy) is 2. The molecular weight excluding hydrogens is 444 g/mol. The van der Waals surface area contributed by atoms with E-state index in [1.54, 1.807) is 24.1 Å². The number of rotatable bonds is 7. The topological polar surface area (TPSA) is 73.0 Å². The number of methoxy groups -OCH3 is 1. The van der Waals surface area contributed by atoms with Crippen LogP contribution in [-0.2, 0) is 0 Å². The van der Waals surface area contributed by atoms with Gasteiger partial charge in [0.25, 0.3) is 5.91 Å². The summed E-state index contributed by atoms with van der Waals surface area (Å²) < 4.78 is 18.3. The van der Waals surface area contributed by atoms with Crippen molar-refractivity contribution in [2.24, 2.45) is 0 Å². The van der Waals surface area contributed by atoms with Crippen LogP contribution >= 0.6 is 0 Å². The molecule has 8 nitrogen and oxygen atoms in total. The lowest BCUT2D eigenvalue weighted by Crippen LogP contribution is -2.49. The highest BCUT2D eigenvalue weighted by atomic mass is 16.5. The Morgan fingerprint density at radius 1 is 1.00 bits per heavy atom. The Balaban J connectivity index is 1.39. The summed E-state index contributed by atoms with van der Waals surface area (Å²) in [4.78, 5) is 17.8. The molecule has 0 aliphatic carbocycles. The summed E-state index contributed by atoms with van der Waals surface area (Å²) in [7, 11) is 1.62. The predicted octanol–water partition coefficient (Wildman–Crippen LogP) is 4.50. The summed E-state index contributed by atoms with van der Waals surface area (Å²) >= 11 is 0. The smallest absolute Gasteiger partial charge is 0.272 e. The van der Waals surface area contributed by atoms with Crippen LogP contribution in [0.4, 0.5) is 5.69 Å². The maximum Gasteiger partial charge on any atom is 0.272 e. The molecule has 1 amide bonds. The number of benzene rings is 2. The van der Waals surface area contributed by atoms with E-state index in [1.165, 1.54) is 0 Å². The average Bonchev–Trinajstić information content (AvgIpc) is 3.60. The first-order chi connectivity index (χ1) is 17.2. The van der Waals surface area contributed by atoms with Crippen LogP contribution in [-0.4, -0.2) is 60.5 Å². The lowest BCUT2D eigenvalue weighted by atomic mass is 10.2. The van der Waals surface area contributed by atoms with Crippen molar-refractivity contribution in [3.63, 3.8) is 0 Å². The number of hydrogen-bond donors (Lipinski definition) is 0. The van der Waals surface area contributed by atoms with E-state index in [0.29, 0.717) is 36.8 Å². The second-order valence-corrected chi connectivity index (χ2v) is 8.18. The molecule has 35 heavy (non-hydrogen) atoms. The molecule has 0 bridgehead atoms. The normalized spacial score (nSPS) is 13.7. The lowest BCUT2D eigenvalue weighted by molar-refractivity contribution is 0.0737. The monoisotopic (exact) mass is 472 g/mol. The van der Waals surface area contributed by atoms with E-state index in [0.717, 1.165) is 36.0 Å². The first-order valence-corrected chi connectivity index (χ1v) is 11.7. The molecule has 0 atom stereocenters. The van der Waals surface area contributed by atoms with Gasteiger partial charge in [-0.2, -0.15) is 5.10 Å². The Bertz CT molecular complexity index is 1270. The summed E-state index contributed by atoms with van der Waals surface area (Å²) in [5.41, 5.74) is 2.93. The van der Waals surface area contributed by atoms with Crippen LogP contribution in [0.1, 0.15) is 17.4 Å². The predicted molar refractivity (Wildman–Crippen MR) is 134 cm³/mol. The van der Waals surface area contributed by atoms with Crippen LogP contribution in [0.15, 0.2) is 77.4 Å². The summed E-state index contributed by atoms with van der Waals surface area (Å²) in [6, 6.07) is 21.0. The molecule has 0 spiro atoms. The first-order valence-electron chi connectivity index (χ1n) is 11.7. The van der Waals surface area contributed by atoms with Gasteiger partial charge in [-0.3, -0.25) is 4.79 Å². The van der Waals surface area contributed by atoms with E-state index in [4.69, 9.17) is 19.0 Å². The minimum atomic E-state index is -0.0659. The van der Waals surface area contributed by atoms with Crippen molar-refractivity contribution in [1.29, 1.82) is 0 Å². The van der Waals surface area contributed by atoms with Gasteiger partial charge in [-0.15, -0.1) is 0 Å². The van der Waals surface area contributed by atoms with Crippen LogP contribution in [0.5, 0.6) is 11.5 Å². The maximum absolute atomic E-state index is 13.7. The van der Waals surface area contributed by atoms with Gasteiger partial charge < -0.3 is 23.7 Å². The minimum Gasteiger partial charge on any atom is -0.497 e. The van der Waals surface area contributed by atoms with E-state index >= 15 is 0 Å². The number of piperazine rings is 1. The number of aromatic nitrogens is 2. The summed E-state index contributed by atoms with van der Waals surface area (Å²) in [6.07, 6.45) is 1.60. The second-order valence-electron chi connectivity index (χ2n) is 8.18.